The summed E-state index contributed by atoms with van der Waals surface area (Å²) in [4.78, 5) is 14.4. The Morgan fingerprint density at radius 2 is 1.73 bits per heavy atom. The third-order valence-corrected chi connectivity index (χ3v) is 3.99. The van der Waals surface area contributed by atoms with Crippen LogP contribution in [-0.4, -0.2) is 48.2 Å². The van der Waals surface area contributed by atoms with Crippen molar-refractivity contribution in [2.45, 2.75) is 32.6 Å². The van der Waals surface area contributed by atoms with Crippen LogP contribution in [0, 0.1) is 0 Å². The van der Waals surface area contributed by atoms with Gasteiger partial charge in [-0.15, -0.1) is 10.2 Å². The van der Waals surface area contributed by atoms with Gasteiger partial charge in [0.2, 0.25) is 0 Å². The number of anilines is 2. The highest BCUT2D eigenvalue weighted by atomic mass is 16.1. The largest absolute Gasteiger partial charge is 0.369 e. The number of carbonyl (C=O) groups excluding carboxylic acids is 1. The maximum absolute atomic E-state index is 12.3. The smallest absolute Gasteiger partial charge is 0.276 e. The van der Waals surface area contributed by atoms with Crippen molar-refractivity contribution in [3.05, 3.63) is 47.7 Å². The van der Waals surface area contributed by atoms with Gasteiger partial charge < -0.3 is 15.5 Å². The summed E-state index contributed by atoms with van der Waals surface area (Å²) in [7, 11) is 4.09. The molecule has 2 rings (SSSR count). The normalized spacial score (nSPS) is 11.5. The minimum absolute atomic E-state index is 0.0867. The van der Waals surface area contributed by atoms with Gasteiger partial charge in [0.1, 0.15) is 5.82 Å². The molecule has 26 heavy (non-hydrogen) atoms. The summed E-state index contributed by atoms with van der Waals surface area (Å²) in [5.74, 6) is 0.412. The molecule has 0 spiro atoms. The predicted molar refractivity (Wildman–Crippen MR) is 107 cm³/mol. The fraction of sp³-hybridized carbons (Fsp3) is 0.450. The number of hydrogen-bond acceptors (Lipinski definition) is 5. The first-order chi connectivity index (χ1) is 12.3. The summed E-state index contributed by atoms with van der Waals surface area (Å²) >= 11 is 0. The van der Waals surface area contributed by atoms with Gasteiger partial charge in [-0.25, -0.2) is 0 Å². The number of nitrogens with zero attached hydrogens (tertiary/aromatic N) is 3. The van der Waals surface area contributed by atoms with Crippen LogP contribution in [0.2, 0.25) is 0 Å². The van der Waals surface area contributed by atoms with E-state index in [4.69, 9.17) is 0 Å². The summed E-state index contributed by atoms with van der Waals surface area (Å²) in [6, 6.07) is 11.3. The van der Waals surface area contributed by atoms with Crippen LogP contribution in [0.4, 0.5) is 11.5 Å². The second kappa shape index (κ2) is 8.76. The molecule has 6 heteroatoms. The van der Waals surface area contributed by atoms with Gasteiger partial charge in [-0.2, -0.15) is 0 Å². The van der Waals surface area contributed by atoms with E-state index in [2.05, 4.69) is 46.5 Å². The van der Waals surface area contributed by atoms with E-state index in [0.29, 0.717) is 11.5 Å². The molecule has 0 saturated heterocycles. The van der Waals surface area contributed by atoms with E-state index in [-0.39, 0.29) is 11.3 Å². The van der Waals surface area contributed by atoms with E-state index in [0.717, 1.165) is 25.2 Å². The lowest BCUT2D eigenvalue weighted by Gasteiger charge is -2.19. The first-order valence-electron chi connectivity index (χ1n) is 8.90. The summed E-state index contributed by atoms with van der Waals surface area (Å²) in [6.45, 7) is 8.30. The predicted octanol–water partition coefficient (Wildman–Crippen LogP) is 3.39. The molecule has 1 aromatic carbocycles. The SMILES string of the molecule is CN(C)CCCNc1ccc(C(=O)Nc2ccc(C(C)(C)C)cc2)nn1. The number of carbonyl (C=O) groups is 1. The van der Waals surface area contributed by atoms with Gasteiger partial charge in [-0.1, -0.05) is 32.9 Å². The molecule has 2 N–H and O–H groups in total. The molecule has 6 nitrogen and oxygen atoms in total. The number of hydrogen-bond donors (Lipinski definition) is 2. The second-order valence-electron chi connectivity index (χ2n) is 7.67. The van der Waals surface area contributed by atoms with Crippen molar-refractivity contribution in [2.24, 2.45) is 0 Å². The van der Waals surface area contributed by atoms with Crippen molar-refractivity contribution < 1.29 is 4.79 Å². The van der Waals surface area contributed by atoms with Gasteiger partial charge in [0.05, 0.1) is 0 Å². The lowest BCUT2D eigenvalue weighted by molar-refractivity contribution is 0.102. The van der Waals surface area contributed by atoms with E-state index in [1.165, 1.54) is 5.56 Å². The van der Waals surface area contributed by atoms with Crippen molar-refractivity contribution in [3.63, 3.8) is 0 Å². The molecular weight excluding hydrogens is 326 g/mol. The maximum Gasteiger partial charge on any atom is 0.276 e. The zero-order valence-electron chi connectivity index (χ0n) is 16.3. The summed E-state index contributed by atoms with van der Waals surface area (Å²) in [5.41, 5.74) is 2.35. The Balaban J connectivity index is 1.89. The molecular formula is C20H29N5O. The monoisotopic (exact) mass is 355 g/mol. The minimum atomic E-state index is -0.264. The molecule has 0 fully saturated rings. The molecule has 0 unspecified atom stereocenters. The Kier molecular flexibility index (Phi) is 6.69. The van der Waals surface area contributed by atoms with Crippen LogP contribution in [-0.2, 0) is 5.41 Å². The lowest BCUT2D eigenvalue weighted by Crippen LogP contribution is -2.17. The van der Waals surface area contributed by atoms with Crippen LogP contribution in [0.15, 0.2) is 36.4 Å². The number of aromatic nitrogens is 2. The highest BCUT2D eigenvalue weighted by Crippen LogP contribution is 2.23. The molecule has 1 heterocycles. The Morgan fingerprint density at radius 3 is 2.27 bits per heavy atom. The Labute approximate surface area is 156 Å². The molecule has 0 saturated carbocycles. The topological polar surface area (TPSA) is 70.2 Å². The average Bonchev–Trinajstić information content (AvgIpc) is 2.59. The molecule has 2 aromatic rings. The highest BCUT2D eigenvalue weighted by Gasteiger charge is 2.14. The molecule has 0 atom stereocenters. The van der Waals surface area contributed by atoms with Crippen LogP contribution in [0.3, 0.4) is 0 Å². The molecule has 0 bridgehead atoms. The molecule has 140 valence electrons. The Bertz CT molecular complexity index is 702. The van der Waals surface area contributed by atoms with E-state index in [9.17, 15) is 4.79 Å². The van der Waals surface area contributed by atoms with E-state index >= 15 is 0 Å². The Morgan fingerprint density at radius 1 is 1.04 bits per heavy atom. The van der Waals surface area contributed by atoms with Crippen molar-refractivity contribution >= 4 is 17.4 Å². The zero-order valence-corrected chi connectivity index (χ0v) is 16.3. The van der Waals surface area contributed by atoms with Crippen LogP contribution >= 0.6 is 0 Å². The number of rotatable bonds is 7. The van der Waals surface area contributed by atoms with E-state index < -0.39 is 0 Å². The van der Waals surface area contributed by atoms with E-state index in [1.54, 1.807) is 12.1 Å². The average molecular weight is 355 g/mol. The van der Waals surface area contributed by atoms with Crippen LogP contribution in [0.25, 0.3) is 0 Å². The van der Waals surface area contributed by atoms with Gasteiger partial charge in [0.25, 0.3) is 5.91 Å². The van der Waals surface area contributed by atoms with Gasteiger partial charge in [0.15, 0.2) is 5.69 Å². The van der Waals surface area contributed by atoms with Gasteiger partial charge in [-0.05, 0) is 62.3 Å². The van der Waals surface area contributed by atoms with Gasteiger partial charge in [0, 0.05) is 12.2 Å². The van der Waals surface area contributed by atoms with E-state index in [1.807, 2.05) is 38.4 Å². The van der Waals surface area contributed by atoms with Crippen molar-refractivity contribution in [1.82, 2.24) is 15.1 Å². The van der Waals surface area contributed by atoms with Gasteiger partial charge in [-0.3, -0.25) is 4.79 Å². The third-order valence-electron chi connectivity index (χ3n) is 3.99. The fourth-order valence-corrected chi connectivity index (χ4v) is 2.41. The lowest BCUT2D eigenvalue weighted by atomic mass is 9.87. The highest BCUT2D eigenvalue weighted by molar-refractivity contribution is 6.02. The molecule has 1 amide bonds. The first-order valence-corrected chi connectivity index (χ1v) is 8.90. The second-order valence-corrected chi connectivity index (χ2v) is 7.67. The van der Waals surface area contributed by atoms with Crippen molar-refractivity contribution in [2.75, 3.05) is 37.8 Å². The zero-order chi connectivity index (χ0) is 19.2. The first kappa shape index (κ1) is 19.8. The van der Waals surface area contributed by atoms with Crippen molar-refractivity contribution in [1.29, 1.82) is 0 Å². The van der Waals surface area contributed by atoms with Gasteiger partial charge >= 0.3 is 0 Å². The number of amides is 1. The molecule has 0 aliphatic carbocycles. The fourth-order valence-electron chi connectivity index (χ4n) is 2.41. The number of benzene rings is 1. The summed E-state index contributed by atoms with van der Waals surface area (Å²) < 4.78 is 0. The minimum Gasteiger partial charge on any atom is -0.369 e. The Hall–Kier alpha value is -2.47. The maximum atomic E-state index is 12.3. The molecule has 0 radical (unpaired) electrons. The third kappa shape index (κ3) is 6.11. The molecule has 0 aliphatic heterocycles. The summed E-state index contributed by atoms with van der Waals surface area (Å²) in [5, 5.41) is 14.1. The standard InChI is InChI=1S/C20H29N5O/c1-20(2,3)15-7-9-16(10-8-15)22-19(26)17-11-12-18(24-23-17)21-13-6-14-25(4)5/h7-12H,6,13-14H2,1-5H3,(H,21,24)(H,22,26). The summed E-state index contributed by atoms with van der Waals surface area (Å²) in [6.07, 6.45) is 1.02. The molecule has 1 aromatic heterocycles. The number of nitrogens with one attached hydrogen (secondary N) is 2. The quantitative estimate of drug-likeness (QED) is 0.745. The van der Waals surface area contributed by atoms with Crippen LogP contribution in [0.5, 0.6) is 0 Å². The van der Waals surface area contributed by atoms with Crippen molar-refractivity contribution in [3.8, 4) is 0 Å². The molecule has 0 aliphatic rings. The van der Waals surface area contributed by atoms with Crippen LogP contribution < -0.4 is 10.6 Å². The van der Waals surface area contributed by atoms with Crippen LogP contribution in [0.1, 0.15) is 43.2 Å².